The highest BCUT2D eigenvalue weighted by Gasteiger charge is 2.22. The molecule has 7 heteroatoms. The summed E-state index contributed by atoms with van der Waals surface area (Å²) in [4.78, 5) is 22.3. The molecule has 29 heavy (non-hydrogen) atoms. The number of carbonyl (C=O) groups excluding carboxylic acids is 1. The Morgan fingerprint density at radius 1 is 1.24 bits per heavy atom. The molecule has 3 heterocycles. The van der Waals surface area contributed by atoms with Crippen molar-refractivity contribution in [2.24, 2.45) is 0 Å². The first kappa shape index (κ1) is 19.3. The molecule has 1 saturated heterocycles. The van der Waals surface area contributed by atoms with Crippen molar-refractivity contribution in [1.82, 2.24) is 20.2 Å². The van der Waals surface area contributed by atoms with Crippen molar-refractivity contribution in [1.29, 1.82) is 0 Å². The van der Waals surface area contributed by atoms with Crippen LogP contribution in [0.3, 0.4) is 0 Å². The summed E-state index contributed by atoms with van der Waals surface area (Å²) in [5.74, 6) is 0.761. The van der Waals surface area contributed by atoms with Gasteiger partial charge in [0.2, 0.25) is 0 Å². The van der Waals surface area contributed by atoms with Gasteiger partial charge in [0.1, 0.15) is 11.4 Å². The van der Waals surface area contributed by atoms with E-state index in [1.807, 2.05) is 24.4 Å². The molecule has 3 aromatic rings. The summed E-state index contributed by atoms with van der Waals surface area (Å²) < 4.78 is 5.23. The second kappa shape index (κ2) is 8.53. The van der Waals surface area contributed by atoms with Crippen molar-refractivity contribution in [3.63, 3.8) is 0 Å². The molecule has 0 aliphatic carbocycles. The molecule has 1 aliphatic heterocycles. The molecule has 1 amide bonds. The van der Waals surface area contributed by atoms with E-state index in [9.17, 15) is 4.79 Å². The smallest absolute Gasteiger partial charge is 0.254 e. The molecule has 0 saturated carbocycles. The lowest BCUT2D eigenvalue weighted by molar-refractivity contribution is 0.0963. The molecule has 7 nitrogen and oxygen atoms in total. The molecule has 152 valence electrons. The molecule has 0 unspecified atom stereocenters. The monoisotopic (exact) mass is 393 g/mol. The Morgan fingerprint density at radius 2 is 2.00 bits per heavy atom. The Hall–Kier alpha value is -3.06. The average Bonchev–Trinajstić information content (AvgIpc) is 3.24. The fourth-order valence-corrected chi connectivity index (χ4v) is 3.90. The molecule has 0 bridgehead atoms. The van der Waals surface area contributed by atoms with Crippen molar-refractivity contribution in [2.45, 2.75) is 25.4 Å². The van der Waals surface area contributed by atoms with E-state index < -0.39 is 0 Å². The van der Waals surface area contributed by atoms with E-state index >= 15 is 0 Å². The maximum atomic E-state index is 12.3. The number of aromatic amines is 1. The molecule has 1 aliphatic rings. The first-order valence-electron chi connectivity index (χ1n) is 9.98. The number of rotatable bonds is 6. The first-order valence-corrected chi connectivity index (χ1v) is 9.98. The van der Waals surface area contributed by atoms with Gasteiger partial charge in [0.15, 0.2) is 0 Å². The zero-order valence-corrected chi connectivity index (χ0v) is 16.9. The Balaban J connectivity index is 1.42. The van der Waals surface area contributed by atoms with Crippen LogP contribution in [0.4, 0.5) is 5.69 Å². The highest BCUT2D eigenvalue weighted by Crippen LogP contribution is 2.28. The van der Waals surface area contributed by atoms with E-state index in [1.165, 1.54) is 5.56 Å². The number of fused-ring (bicyclic) bond motifs is 1. The zero-order valence-electron chi connectivity index (χ0n) is 16.9. The Labute approximate surface area is 170 Å². The van der Waals surface area contributed by atoms with E-state index in [-0.39, 0.29) is 5.91 Å². The van der Waals surface area contributed by atoms with E-state index in [0.29, 0.717) is 11.6 Å². The van der Waals surface area contributed by atoms with Gasteiger partial charge in [-0.25, -0.2) is 4.98 Å². The number of pyridine rings is 1. The second-order valence-electron chi connectivity index (χ2n) is 7.41. The predicted molar refractivity (Wildman–Crippen MR) is 114 cm³/mol. The minimum atomic E-state index is -0.125. The van der Waals surface area contributed by atoms with Gasteiger partial charge in [-0.3, -0.25) is 9.69 Å². The van der Waals surface area contributed by atoms with Crippen molar-refractivity contribution in [3.8, 4) is 5.75 Å². The highest BCUT2D eigenvalue weighted by molar-refractivity contribution is 6.06. The standard InChI is InChI=1S/C22H27N5O2/c1-23-22(28)19-13-25-21-18(7-10-24-21)20(19)26-16-8-11-27(12-9-16)14-15-3-5-17(29-2)6-4-15/h3-7,10,13,16H,8-9,11-12,14H2,1-2H3,(H,23,28)(H2,24,25,26). The van der Waals surface area contributed by atoms with E-state index in [4.69, 9.17) is 4.74 Å². The number of H-pyrrole nitrogens is 1. The van der Waals surface area contributed by atoms with Crippen LogP contribution in [0.1, 0.15) is 28.8 Å². The third-order valence-electron chi connectivity index (χ3n) is 5.56. The number of carbonyl (C=O) groups is 1. The molecule has 1 aromatic carbocycles. The Kier molecular flexibility index (Phi) is 5.67. The Bertz CT molecular complexity index is 975. The number of nitrogens with one attached hydrogen (secondary N) is 3. The molecule has 0 radical (unpaired) electrons. The summed E-state index contributed by atoms with van der Waals surface area (Å²) in [6, 6.07) is 10.6. The van der Waals surface area contributed by atoms with Gasteiger partial charge in [0.05, 0.1) is 18.4 Å². The van der Waals surface area contributed by atoms with Crippen molar-refractivity contribution < 1.29 is 9.53 Å². The van der Waals surface area contributed by atoms with Crippen molar-refractivity contribution in [2.75, 3.05) is 32.6 Å². The molecule has 0 spiro atoms. The van der Waals surface area contributed by atoms with Crippen LogP contribution >= 0.6 is 0 Å². The molecule has 3 N–H and O–H groups in total. The average molecular weight is 393 g/mol. The van der Waals surface area contributed by atoms with Gasteiger partial charge in [-0.1, -0.05) is 12.1 Å². The summed E-state index contributed by atoms with van der Waals surface area (Å²) in [5, 5.41) is 7.29. The number of hydrogen-bond acceptors (Lipinski definition) is 5. The van der Waals surface area contributed by atoms with Crippen LogP contribution in [-0.2, 0) is 6.54 Å². The van der Waals surface area contributed by atoms with Crippen molar-refractivity contribution in [3.05, 3.63) is 53.9 Å². The molecule has 2 aromatic heterocycles. The number of nitrogens with zero attached hydrogens (tertiary/aromatic N) is 2. The van der Waals surface area contributed by atoms with Crippen LogP contribution in [0, 0.1) is 0 Å². The number of anilines is 1. The molecular formula is C22H27N5O2. The third kappa shape index (κ3) is 4.19. The molecule has 4 rings (SSSR count). The van der Waals surface area contributed by atoms with Gasteiger partial charge in [0, 0.05) is 50.5 Å². The number of methoxy groups -OCH3 is 1. The summed E-state index contributed by atoms with van der Waals surface area (Å²) >= 11 is 0. The quantitative estimate of drug-likeness (QED) is 0.600. The highest BCUT2D eigenvalue weighted by atomic mass is 16.5. The van der Waals surface area contributed by atoms with Crippen LogP contribution in [0.5, 0.6) is 5.75 Å². The van der Waals surface area contributed by atoms with Crippen molar-refractivity contribution >= 4 is 22.6 Å². The number of hydrogen-bond donors (Lipinski definition) is 3. The number of amides is 1. The van der Waals surface area contributed by atoms with Gasteiger partial charge < -0.3 is 20.4 Å². The van der Waals surface area contributed by atoms with E-state index in [0.717, 1.165) is 54.9 Å². The molecule has 1 fully saturated rings. The van der Waals surface area contributed by atoms with Crippen LogP contribution < -0.4 is 15.4 Å². The summed E-state index contributed by atoms with van der Waals surface area (Å²) in [6.07, 6.45) is 5.54. The number of aromatic nitrogens is 2. The summed E-state index contributed by atoms with van der Waals surface area (Å²) in [5.41, 5.74) is 3.53. The lowest BCUT2D eigenvalue weighted by atomic mass is 10.0. The largest absolute Gasteiger partial charge is 0.497 e. The van der Waals surface area contributed by atoms with Crippen LogP contribution in [0.2, 0.25) is 0 Å². The first-order chi connectivity index (χ1) is 14.2. The van der Waals surface area contributed by atoms with Gasteiger partial charge in [0.25, 0.3) is 5.91 Å². The SMILES string of the molecule is CNC(=O)c1cnc2[nH]ccc2c1NC1CCN(Cc2ccc(OC)cc2)CC1. The van der Waals surface area contributed by atoms with Gasteiger partial charge in [-0.05, 0) is 36.6 Å². The van der Waals surface area contributed by atoms with E-state index in [2.05, 4.69) is 37.6 Å². The predicted octanol–water partition coefficient (Wildman–Crippen LogP) is 3.01. The third-order valence-corrected chi connectivity index (χ3v) is 5.56. The van der Waals surface area contributed by atoms with Crippen LogP contribution in [0.25, 0.3) is 11.0 Å². The number of piperidine rings is 1. The van der Waals surface area contributed by atoms with Gasteiger partial charge >= 0.3 is 0 Å². The maximum Gasteiger partial charge on any atom is 0.254 e. The topological polar surface area (TPSA) is 82.3 Å². The summed E-state index contributed by atoms with van der Waals surface area (Å²) in [7, 11) is 3.33. The van der Waals surface area contributed by atoms with Crippen LogP contribution in [-0.4, -0.2) is 54.1 Å². The minimum Gasteiger partial charge on any atom is -0.497 e. The number of ether oxygens (including phenoxy) is 1. The Morgan fingerprint density at radius 3 is 2.69 bits per heavy atom. The molecule has 0 atom stereocenters. The normalized spacial score (nSPS) is 15.4. The lowest BCUT2D eigenvalue weighted by Gasteiger charge is -2.33. The van der Waals surface area contributed by atoms with Gasteiger partial charge in [-0.15, -0.1) is 0 Å². The maximum absolute atomic E-state index is 12.3. The fourth-order valence-electron chi connectivity index (χ4n) is 3.90. The van der Waals surface area contributed by atoms with Crippen LogP contribution in [0.15, 0.2) is 42.7 Å². The second-order valence-corrected chi connectivity index (χ2v) is 7.41. The summed E-state index contributed by atoms with van der Waals surface area (Å²) in [6.45, 7) is 2.97. The van der Waals surface area contributed by atoms with E-state index in [1.54, 1.807) is 20.4 Å². The number of benzene rings is 1. The molecular weight excluding hydrogens is 366 g/mol. The minimum absolute atomic E-state index is 0.125. The number of likely N-dealkylation sites (tertiary alicyclic amines) is 1. The zero-order chi connectivity index (χ0) is 20.2. The van der Waals surface area contributed by atoms with Gasteiger partial charge in [-0.2, -0.15) is 0 Å². The fraction of sp³-hybridized carbons (Fsp3) is 0.364. The lowest BCUT2D eigenvalue weighted by Crippen LogP contribution is -2.39.